The summed E-state index contributed by atoms with van der Waals surface area (Å²) in [4.78, 5) is 10.7. The molecular weight excluding hydrogens is 136 g/mol. The number of hydrogen-bond acceptors (Lipinski definition) is 3. The summed E-state index contributed by atoms with van der Waals surface area (Å²) in [5.41, 5.74) is 1.17. The van der Waals surface area contributed by atoms with Crippen molar-refractivity contribution in [3.63, 3.8) is 0 Å². The van der Waals surface area contributed by atoms with E-state index in [-0.39, 0.29) is 11.2 Å². The van der Waals surface area contributed by atoms with Crippen LogP contribution in [0.5, 0.6) is 0 Å². The van der Waals surface area contributed by atoms with Gasteiger partial charge in [0.1, 0.15) is 0 Å². The van der Waals surface area contributed by atoms with Crippen molar-refractivity contribution in [2.75, 3.05) is 7.05 Å². The van der Waals surface area contributed by atoms with Crippen molar-refractivity contribution in [1.82, 2.24) is 5.32 Å². The summed E-state index contributed by atoms with van der Waals surface area (Å²) < 4.78 is 0. The van der Waals surface area contributed by atoms with Crippen molar-refractivity contribution in [2.24, 2.45) is 0 Å². The summed E-state index contributed by atoms with van der Waals surface area (Å²) in [7, 11) is 1.59. The Labute approximate surface area is 58.7 Å². The van der Waals surface area contributed by atoms with E-state index >= 15 is 0 Å². The van der Waals surface area contributed by atoms with Crippen molar-refractivity contribution in [2.45, 2.75) is 12.2 Å². The van der Waals surface area contributed by atoms with Crippen LogP contribution >= 0.6 is 11.8 Å². The molecule has 0 saturated heterocycles. The van der Waals surface area contributed by atoms with Gasteiger partial charge in [-0.15, -0.1) is 11.8 Å². The van der Waals surface area contributed by atoms with E-state index in [0.29, 0.717) is 0 Å². The zero-order valence-electron chi connectivity index (χ0n) is 5.47. The van der Waals surface area contributed by atoms with Crippen molar-refractivity contribution in [3.05, 3.63) is 0 Å². The van der Waals surface area contributed by atoms with Crippen molar-refractivity contribution >= 4 is 23.2 Å². The predicted molar refractivity (Wildman–Crippen MR) is 39.9 cm³/mol. The highest BCUT2D eigenvalue weighted by molar-refractivity contribution is 8.13. The number of rotatable bonds is 3. The minimum Gasteiger partial charge on any atom is -0.358 e. The molecule has 0 aromatic carbocycles. The van der Waals surface area contributed by atoms with Crippen LogP contribution < -0.4 is 5.32 Å². The van der Waals surface area contributed by atoms with Crippen LogP contribution in [0.4, 0.5) is 0 Å². The van der Waals surface area contributed by atoms with E-state index in [1.54, 1.807) is 14.0 Å². The normalized spacial score (nSPS) is 12.2. The molecule has 9 heavy (non-hydrogen) atoms. The fourth-order valence-corrected chi connectivity index (χ4v) is 0.813. The van der Waals surface area contributed by atoms with E-state index in [0.717, 1.165) is 0 Å². The molecule has 0 aliphatic heterocycles. The minimum atomic E-state index is -0.146. The molecule has 0 aliphatic rings. The van der Waals surface area contributed by atoms with Gasteiger partial charge in [-0.2, -0.15) is 0 Å². The molecular formula is C5H10N2OS. The van der Waals surface area contributed by atoms with Crippen LogP contribution in [0.15, 0.2) is 0 Å². The third kappa shape index (κ3) is 3.13. The molecule has 0 aromatic heterocycles. The Morgan fingerprint density at radius 2 is 2.44 bits per heavy atom. The first-order chi connectivity index (χ1) is 4.22. The third-order valence-corrected chi connectivity index (χ3v) is 1.65. The lowest BCUT2D eigenvalue weighted by Gasteiger charge is -2.03. The largest absolute Gasteiger partial charge is 0.358 e. The molecule has 1 atom stereocenters. The third-order valence-electron chi connectivity index (χ3n) is 0.888. The quantitative estimate of drug-likeness (QED) is 0.449. The maximum atomic E-state index is 10.7. The molecule has 2 N–H and O–H groups in total. The fraction of sp³-hybridized carbons (Fsp3) is 0.600. The van der Waals surface area contributed by atoms with Gasteiger partial charge in [0.2, 0.25) is 5.91 Å². The monoisotopic (exact) mass is 146 g/mol. The summed E-state index contributed by atoms with van der Waals surface area (Å²) in [6.45, 7) is 1.76. The van der Waals surface area contributed by atoms with Crippen molar-refractivity contribution in [3.8, 4) is 0 Å². The molecule has 0 fully saturated rings. The van der Waals surface area contributed by atoms with Gasteiger partial charge in [-0.1, -0.05) is 0 Å². The van der Waals surface area contributed by atoms with Crippen LogP contribution in [0.3, 0.4) is 0 Å². The van der Waals surface area contributed by atoms with Gasteiger partial charge in [0.15, 0.2) is 0 Å². The topological polar surface area (TPSA) is 53.0 Å². The Bertz CT molecular complexity index is 116. The summed E-state index contributed by atoms with van der Waals surface area (Å²) in [5, 5.41) is 9.00. The Kier molecular flexibility index (Phi) is 4.13. The Balaban J connectivity index is 3.58. The number of carbonyl (C=O) groups excluding carboxylic acids is 1. The standard InChI is InChI=1S/C5H10N2OS/c1-4(9-3-6)5(8)7-2/h3-4,6H,1-2H3,(H,7,8). The van der Waals surface area contributed by atoms with Crippen LogP contribution in [0.1, 0.15) is 6.92 Å². The number of hydrogen-bond donors (Lipinski definition) is 2. The fourth-order valence-electron chi connectivity index (χ4n) is 0.367. The van der Waals surface area contributed by atoms with Crippen LogP contribution in [0, 0.1) is 5.41 Å². The second-order valence-corrected chi connectivity index (χ2v) is 2.73. The number of thioether (sulfide) groups is 1. The van der Waals surface area contributed by atoms with E-state index in [1.165, 1.54) is 17.3 Å². The number of carbonyl (C=O) groups is 1. The second-order valence-electron chi connectivity index (χ2n) is 1.51. The molecule has 4 heteroatoms. The highest BCUT2D eigenvalue weighted by atomic mass is 32.2. The molecule has 52 valence electrons. The summed E-state index contributed by atoms with van der Waals surface area (Å²) in [6, 6.07) is 0. The molecule has 0 saturated carbocycles. The van der Waals surface area contributed by atoms with E-state index in [4.69, 9.17) is 5.41 Å². The molecule has 0 heterocycles. The molecule has 0 aromatic rings. The predicted octanol–water partition coefficient (Wildman–Crippen LogP) is 0.461. The van der Waals surface area contributed by atoms with Crippen LogP contribution in [0.2, 0.25) is 0 Å². The molecule has 1 amide bonds. The summed E-state index contributed by atoms with van der Waals surface area (Å²) in [5.74, 6) is -0.0384. The zero-order chi connectivity index (χ0) is 7.28. The van der Waals surface area contributed by atoms with Gasteiger partial charge in [-0.3, -0.25) is 4.79 Å². The van der Waals surface area contributed by atoms with Crippen LogP contribution in [-0.2, 0) is 4.79 Å². The molecule has 1 unspecified atom stereocenters. The summed E-state index contributed by atoms with van der Waals surface area (Å²) >= 11 is 1.19. The number of nitrogens with one attached hydrogen (secondary N) is 2. The van der Waals surface area contributed by atoms with Gasteiger partial charge in [0, 0.05) is 7.05 Å². The molecule has 0 radical (unpaired) electrons. The number of amides is 1. The molecule has 0 rings (SSSR count). The van der Waals surface area contributed by atoms with E-state index in [1.807, 2.05) is 0 Å². The average molecular weight is 146 g/mol. The first-order valence-electron chi connectivity index (χ1n) is 2.58. The van der Waals surface area contributed by atoms with Crippen LogP contribution in [0.25, 0.3) is 0 Å². The Morgan fingerprint density at radius 1 is 1.89 bits per heavy atom. The first-order valence-corrected chi connectivity index (χ1v) is 3.52. The molecule has 0 bridgehead atoms. The smallest absolute Gasteiger partial charge is 0.232 e. The zero-order valence-corrected chi connectivity index (χ0v) is 6.29. The van der Waals surface area contributed by atoms with E-state index < -0.39 is 0 Å². The lowest BCUT2D eigenvalue weighted by atomic mass is 10.4. The highest BCUT2D eigenvalue weighted by Crippen LogP contribution is 2.04. The van der Waals surface area contributed by atoms with Gasteiger partial charge in [-0.05, 0) is 6.92 Å². The van der Waals surface area contributed by atoms with Gasteiger partial charge in [0.25, 0.3) is 0 Å². The van der Waals surface area contributed by atoms with Crippen LogP contribution in [-0.4, -0.2) is 23.8 Å². The highest BCUT2D eigenvalue weighted by Gasteiger charge is 2.08. The van der Waals surface area contributed by atoms with E-state index in [2.05, 4.69) is 5.32 Å². The lowest BCUT2D eigenvalue weighted by Crippen LogP contribution is -2.27. The molecule has 3 nitrogen and oxygen atoms in total. The van der Waals surface area contributed by atoms with Crippen molar-refractivity contribution < 1.29 is 4.79 Å². The lowest BCUT2D eigenvalue weighted by molar-refractivity contribution is -0.119. The SMILES string of the molecule is CNC(=O)C(C)SC=N. The minimum absolute atomic E-state index is 0.0384. The molecule has 0 spiro atoms. The summed E-state index contributed by atoms with van der Waals surface area (Å²) in [6.07, 6.45) is 0. The van der Waals surface area contributed by atoms with Crippen molar-refractivity contribution in [1.29, 1.82) is 5.41 Å². The van der Waals surface area contributed by atoms with Gasteiger partial charge in [-0.25, -0.2) is 0 Å². The first kappa shape index (κ1) is 8.49. The Hall–Kier alpha value is -0.510. The average Bonchev–Trinajstić information content (AvgIpc) is 1.87. The second kappa shape index (κ2) is 4.38. The van der Waals surface area contributed by atoms with Gasteiger partial charge >= 0.3 is 0 Å². The van der Waals surface area contributed by atoms with E-state index in [9.17, 15) is 4.79 Å². The maximum absolute atomic E-state index is 10.7. The van der Waals surface area contributed by atoms with Gasteiger partial charge < -0.3 is 10.7 Å². The van der Waals surface area contributed by atoms with Gasteiger partial charge in [0.05, 0.1) is 10.8 Å². The Morgan fingerprint density at radius 3 is 2.78 bits per heavy atom. The molecule has 0 aliphatic carbocycles. The maximum Gasteiger partial charge on any atom is 0.232 e.